The number of amides is 1. The van der Waals surface area contributed by atoms with E-state index < -0.39 is 0 Å². The van der Waals surface area contributed by atoms with E-state index in [-0.39, 0.29) is 5.91 Å². The Morgan fingerprint density at radius 3 is 2.72 bits per heavy atom. The molecule has 1 aliphatic carbocycles. The Labute approximate surface area is 108 Å². The van der Waals surface area contributed by atoms with Crippen molar-refractivity contribution in [3.8, 4) is 0 Å². The van der Waals surface area contributed by atoms with Crippen molar-refractivity contribution in [3.63, 3.8) is 0 Å². The number of rotatable bonds is 5. The SMILES string of the molecule is O=C(NCCNC1CCCCCC1)c1cnc[nH]1. The minimum Gasteiger partial charge on any atom is -0.349 e. The summed E-state index contributed by atoms with van der Waals surface area (Å²) in [5.41, 5.74) is 0.518. The Bertz CT molecular complexity index is 342. The molecule has 5 nitrogen and oxygen atoms in total. The standard InChI is InChI=1S/C13H22N4O/c18-13(12-9-14-10-17-12)16-8-7-15-11-5-3-1-2-4-6-11/h9-11,15H,1-8H2,(H,14,17)(H,16,18). The first-order valence-corrected chi connectivity index (χ1v) is 6.86. The molecule has 0 radical (unpaired) electrons. The molecule has 0 atom stereocenters. The minimum atomic E-state index is -0.0878. The lowest BCUT2D eigenvalue weighted by Gasteiger charge is -2.16. The summed E-state index contributed by atoms with van der Waals surface area (Å²) in [6.07, 6.45) is 11.0. The van der Waals surface area contributed by atoms with E-state index in [4.69, 9.17) is 0 Å². The molecule has 1 aliphatic rings. The van der Waals surface area contributed by atoms with Crippen LogP contribution in [-0.4, -0.2) is 35.0 Å². The molecule has 2 rings (SSSR count). The van der Waals surface area contributed by atoms with Gasteiger partial charge in [-0.1, -0.05) is 25.7 Å². The fraction of sp³-hybridized carbons (Fsp3) is 0.692. The van der Waals surface area contributed by atoms with Crippen molar-refractivity contribution in [2.45, 2.75) is 44.6 Å². The molecule has 1 heterocycles. The summed E-state index contributed by atoms with van der Waals surface area (Å²) in [7, 11) is 0. The van der Waals surface area contributed by atoms with Crippen molar-refractivity contribution < 1.29 is 4.79 Å². The van der Waals surface area contributed by atoms with Gasteiger partial charge in [0.2, 0.25) is 0 Å². The van der Waals surface area contributed by atoms with Gasteiger partial charge in [0.05, 0.1) is 12.5 Å². The van der Waals surface area contributed by atoms with E-state index in [9.17, 15) is 4.79 Å². The summed E-state index contributed by atoms with van der Waals surface area (Å²) in [5, 5.41) is 6.39. The van der Waals surface area contributed by atoms with E-state index in [0.29, 0.717) is 18.3 Å². The third kappa shape index (κ3) is 4.14. The molecule has 0 unspecified atom stereocenters. The monoisotopic (exact) mass is 250 g/mol. The summed E-state index contributed by atoms with van der Waals surface area (Å²) in [6.45, 7) is 1.50. The van der Waals surface area contributed by atoms with Crippen LogP contribution in [0.4, 0.5) is 0 Å². The van der Waals surface area contributed by atoms with Crippen LogP contribution in [0.5, 0.6) is 0 Å². The molecular weight excluding hydrogens is 228 g/mol. The second-order valence-corrected chi connectivity index (χ2v) is 4.86. The Kier molecular flexibility index (Phi) is 5.20. The largest absolute Gasteiger partial charge is 0.349 e. The summed E-state index contributed by atoms with van der Waals surface area (Å²) >= 11 is 0. The van der Waals surface area contributed by atoms with Crippen molar-refractivity contribution in [3.05, 3.63) is 18.2 Å². The second-order valence-electron chi connectivity index (χ2n) is 4.86. The third-order valence-corrected chi connectivity index (χ3v) is 3.44. The predicted molar refractivity (Wildman–Crippen MR) is 70.4 cm³/mol. The van der Waals surface area contributed by atoms with Crippen molar-refractivity contribution in [2.75, 3.05) is 13.1 Å². The van der Waals surface area contributed by atoms with Gasteiger partial charge >= 0.3 is 0 Å². The van der Waals surface area contributed by atoms with Crippen molar-refractivity contribution >= 4 is 5.91 Å². The highest BCUT2D eigenvalue weighted by Gasteiger charge is 2.11. The van der Waals surface area contributed by atoms with Gasteiger partial charge in [-0.25, -0.2) is 4.98 Å². The Balaban J connectivity index is 1.59. The number of hydrogen-bond acceptors (Lipinski definition) is 3. The average molecular weight is 250 g/mol. The van der Waals surface area contributed by atoms with Crippen molar-refractivity contribution in [1.82, 2.24) is 20.6 Å². The van der Waals surface area contributed by atoms with Crippen molar-refractivity contribution in [1.29, 1.82) is 0 Å². The van der Waals surface area contributed by atoms with E-state index in [2.05, 4.69) is 20.6 Å². The quantitative estimate of drug-likeness (QED) is 0.547. The van der Waals surface area contributed by atoms with Crippen LogP contribution >= 0.6 is 0 Å². The van der Waals surface area contributed by atoms with Crippen LogP contribution in [0.2, 0.25) is 0 Å². The number of carbonyl (C=O) groups excluding carboxylic acids is 1. The van der Waals surface area contributed by atoms with Gasteiger partial charge in [-0.3, -0.25) is 4.79 Å². The van der Waals surface area contributed by atoms with E-state index in [0.717, 1.165) is 6.54 Å². The summed E-state index contributed by atoms with van der Waals surface area (Å²) in [6, 6.07) is 0.636. The zero-order chi connectivity index (χ0) is 12.6. The van der Waals surface area contributed by atoms with Gasteiger partial charge in [0, 0.05) is 19.1 Å². The second kappa shape index (κ2) is 7.16. The van der Waals surface area contributed by atoms with Crippen LogP contribution in [0.3, 0.4) is 0 Å². The lowest BCUT2D eigenvalue weighted by molar-refractivity contribution is 0.0949. The first-order chi connectivity index (χ1) is 8.86. The van der Waals surface area contributed by atoms with E-state index in [1.807, 2.05) is 0 Å². The van der Waals surface area contributed by atoms with Gasteiger partial charge in [-0.2, -0.15) is 0 Å². The molecule has 1 aromatic heterocycles. The Morgan fingerprint density at radius 1 is 1.28 bits per heavy atom. The molecule has 0 saturated heterocycles. The Hall–Kier alpha value is -1.36. The molecule has 1 saturated carbocycles. The van der Waals surface area contributed by atoms with Gasteiger partial charge < -0.3 is 15.6 Å². The highest BCUT2D eigenvalue weighted by Crippen LogP contribution is 2.16. The van der Waals surface area contributed by atoms with Gasteiger partial charge in [0.15, 0.2) is 0 Å². The molecular formula is C13H22N4O. The number of H-pyrrole nitrogens is 1. The summed E-state index contributed by atoms with van der Waals surface area (Å²) in [4.78, 5) is 18.2. The van der Waals surface area contributed by atoms with Gasteiger partial charge in [-0.15, -0.1) is 0 Å². The third-order valence-electron chi connectivity index (χ3n) is 3.44. The number of nitrogens with one attached hydrogen (secondary N) is 3. The molecule has 1 aromatic rings. The highest BCUT2D eigenvalue weighted by atomic mass is 16.1. The van der Waals surface area contributed by atoms with E-state index >= 15 is 0 Å². The summed E-state index contributed by atoms with van der Waals surface area (Å²) in [5.74, 6) is -0.0878. The highest BCUT2D eigenvalue weighted by molar-refractivity contribution is 5.91. The normalized spacial score (nSPS) is 17.3. The number of nitrogens with zero attached hydrogens (tertiary/aromatic N) is 1. The molecule has 0 bridgehead atoms. The summed E-state index contributed by atoms with van der Waals surface area (Å²) < 4.78 is 0. The predicted octanol–water partition coefficient (Wildman–Crippen LogP) is 1.45. The van der Waals surface area contributed by atoms with Crippen molar-refractivity contribution in [2.24, 2.45) is 0 Å². The number of hydrogen-bond donors (Lipinski definition) is 3. The lowest BCUT2D eigenvalue weighted by atomic mass is 10.1. The molecule has 0 aromatic carbocycles. The van der Waals surface area contributed by atoms with Crippen LogP contribution in [0.15, 0.2) is 12.5 Å². The number of imidazole rings is 1. The zero-order valence-electron chi connectivity index (χ0n) is 10.7. The molecule has 100 valence electrons. The maximum atomic E-state index is 11.6. The lowest BCUT2D eigenvalue weighted by Crippen LogP contribution is -2.36. The van der Waals surface area contributed by atoms with Gasteiger partial charge in [0.1, 0.15) is 5.69 Å². The maximum absolute atomic E-state index is 11.6. The first-order valence-electron chi connectivity index (χ1n) is 6.86. The van der Waals surface area contributed by atoms with E-state index in [1.165, 1.54) is 51.0 Å². The molecule has 18 heavy (non-hydrogen) atoms. The van der Waals surface area contributed by atoms with Gasteiger partial charge in [-0.05, 0) is 12.8 Å². The smallest absolute Gasteiger partial charge is 0.269 e. The minimum absolute atomic E-state index is 0.0878. The molecule has 0 spiro atoms. The molecule has 1 fully saturated rings. The fourth-order valence-electron chi connectivity index (χ4n) is 2.41. The molecule has 5 heteroatoms. The van der Waals surface area contributed by atoms with Crippen LogP contribution in [0.1, 0.15) is 49.0 Å². The van der Waals surface area contributed by atoms with Gasteiger partial charge in [0.25, 0.3) is 5.91 Å². The molecule has 1 amide bonds. The molecule has 0 aliphatic heterocycles. The van der Waals surface area contributed by atoms with Crippen LogP contribution in [0.25, 0.3) is 0 Å². The first kappa shape index (κ1) is 13.1. The topological polar surface area (TPSA) is 69.8 Å². The molecule has 3 N–H and O–H groups in total. The number of aromatic nitrogens is 2. The fourth-order valence-corrected chi connectivity index (χ4v) is 2.41. The van der Waals surface area contributed by atoms with E-state index in [1.54, 1.807) is 0 Å². The number of carbonyl (C=O) groups is 1. The zero-order valence-corrected chi connectivity index (χ0v) is 10.7. The maximum Gasteiger partial charge on any atom is 0.269 e. The Morgan fingerprint density at radius 2 is 2.06 bits per heavy atom. The number of aromatic amines is 1. The van der Waals surface area contributed by atoms with Crippen LogP contribution < -0.4 is 10.6 Å². The van der Waals surface area contributed by atoms with Crippen LogP contribution in [0, 0.1) is 0 Å². The van der Waals surface area contributed by atoms with Crippen LogP contribution in [-0.2, 0) is 0 Å². The average Bonchev–Trinajstić information content (AvgIpc) is 2.80.